The van der Waals surface area contributed by atoms with Crippen molar-refractivity contribution in [2.75, 3.05) is 6.61 Å². The first-order valence-corrected chi connectivity index (χ1v) is 16.8. The van der Waals surface area contributed by atoms with Gasteiger partial charge in [0.25, 0.3) is 5.95 Å². The lowest BCUT2D eigenvalue weighted by Gasteiger charge is -2.24. The van der Waals surface area contributed by atoms with Gasteiger partial charge in [0.2, 0.25) is 16.6 Å². The average Bonchev–Trinajstić information content (AvgIpc) is 2.43. The van der Waals surface area contributed by atoms with E-state index < -0.39 is 16.6 Å². The molecule has 0 spiro atoms. The standard InChI is InChI=1S/C20H42O3Si2/c1-9-11-12-13-14-15-16-17-19(22-24(3,4)5)18-20(21-10-2)23-25(6,7)8/h17-18H,9-16H2,1-8H3/b19-17-,20-18-. The molecule has 0 aliphatic heterocycles. The van der Waals surface area contributed by atoms with Gasteiger partial charge in [-0.1, -0.05) is 39.0 Å². The first-order valence-electron chi connectivity index (χ1n) is 10.00. The molecule has 0 amide bonds. The SMILES string of the molecule is CCCCCCCC/C=C(/C=C(/OCC)O[Si](C)(C)C)O[Si](C)(C)C. The van der Waals surface area contributed by atoms with Crippen molar-refractivity contribution in [3.63, 3.8) is 0 Å². The molecular weight excluding hydrogens is 344 g/mol. The van der Waals surface area contributed by atoms with Crippen molar-refractivity contribution in [2.45, 2.75) is 98.1 Å². The minimum absolute atomic E-state index is 0.605. The van der Waals surface area contributed by atoms with Crippen LogP contribution in [0.4, 0.5) is 0 Å². The van der Waals surface area contributed by atoms with Crippen LogP contribution >= 0.6 is 0 Å². The van der Waals surface area contributed by atoms with Crippen LogP contribution in [0.25, 0.3) is 0 Å². The first kappa shape index (κ1) is 24.3. The van der Waals surface area contributed by atoms with E-state index in [1.807, 2.05) is 13.0 Å². The topological polar surface area (TPSA) is 27.7 Å². The predicted molar refractivity (Wildman–Crippen MR) is 115 cm³/mol. The highest BCUT2D eigenvalue weighted by Crippen LogP contribution is 2.19. The smallest absolute Gasteiger partial charge is 0.268 e. The summed E-state index contributed by atoms with van der Waals surface area (Å²) in [6.45, 7) is 18.0. The second-order valence-corrected chi connectivity index (χ2v) is 17.3. The molecule has 0 saturated heterocycles. The largest absolute Gasteiger partial charge is 0.544 e. The number of ether oxygens (including phenoxy) is 1. The van der Waals surface area contributed by atoms with Crippen molar-refractivity contribution in [3.05, 3.63) is 23.9 Å². The summed E-state index contributed by atoms with van der Waals surface area (Å²) in [7, 11) is -3.37. The molecular formula is C20H42O3Si2. The van der Waals surface area contributed by atoms with Gasteiger partial charge in [-0.3, -0.25) is 0 Å². The van der Waals surface area contributed by atoms with Crippen LogP contribution in [-0.4, -0.2) is 23.2 Å². The predicted octanol–water partition coefficient (Wildman–Crippen LogP) is 7.20. The van der Waals surface area contributed by atoms with Crippen molar-refractivity contribution in [3.8, 4) is 0 Å². The fraction of sp³-hybridized carbons (Fsp3) is 0.800. The van der Waals surface area contributed by atoms with Gasteiger partial charge in [-0.15, -0.1) is 0 Å². The Hall–Kier alpha value is -0.686. The summed E-state index contributed by atoms with van der Waals surface area (Å²) in [6, 6.07) is 0. The highest BCUT2D eigenvalue weighted by molar-refractivity contribution is 6.70. The van der Waals surface area contributed by atoms with Gasteiger partial charge in [-0.05, 0) is 65.1 Å². The molecule has 0 bridgehead atoms. The Morgan fingerprint density at radius 1 is 0.760 bits per heavy atom. The molecule has 25 heavy (non-hydrogen) atoms. The molecule has 0 rings (SSSR count). The lowest BCUT2D eigenvalue weighted by Crippen LogP contribution is -2.27. The molecule has 0 unspecified atom stereocenters. The quantitative estimate of drug-likeness (QED) is 0.137. The van der Waals surface area contributed by atoms with Gasteiger partial charge >= 0.3 is 0 Å². The maximum absolute atomic E-state index is 6.25. The summed E-state index contributed by atoms with van der Waals surface area (Å²) in [6.07, 6.45) is 13.1. The zero-order valence-electron chi connectivity index (χ0n) is 18.0. The Balaban J connectivity index is 4.87. The summed E-state index contributed by atoms with van der Waals surface area (Å²) < 4.78 is 18.0. The van der Waals surface area contributed by atoms with E-state index in [9.17, 15) is 0 Å². The first-order chi connectivity index (χ1) is 11.6. The number of hydrogen-bond donors (Lipinski definition) is 0. The van der Waals surface area contributed by atoms with Crippen molar-refractivity contribution >= 4 is 16.6 Å². The van der Waals surface area contributed by atoms with E-state index in [4.69, 9.17) is 13.6 Å². The molecule has 0 heterocycles. The van der Waals surface area contributed by atoms with Crippen LogP contribution in [0.3, 0.4) is 0 Å². The van der Waals surface area contributed by atoms with E-state index in [0.29, 0.717) is 12.6 Å². The molecule has 0 aromatic rings. The van der Waals surface area contributed by atoms with Crippen LogP contribution in [0, 0.1) is 0 Å². The van der Waals surface area contributed by atoms with E-state index >= 15 is 0 Å². The highest BCUT2D eigenvalue weighted by atomic mass is 28.4. The van der Waals surface area contributed by atoms with E-state index in [2.05, 4.69) is 52.3 Å². The maximum Gasteiger partial charge on any atom is 0.268 e. The van der Waals surface area contributed by atoms with Gasteiger partial charge in [-0.25, -0.2) is 0 Å². The Morgan fingerprint density at radius 2 is 1.32 bits per heavy atom. The molecule has 0 fully saturated rings. The van der Waals surface area contributed by atoms with Crippen LogP contribution in [0.1, 0.15) is 58.8 Å². The van der Waals surface area contributed by atoms with E-state index in [1.165, 1.54) is 38.5 Å². The molecule has 0 aliphatic carbocycles. The minimum Gasteiger partial charge on any atom is -0.544 e. The Kier molecular flexibility index (Phi) is 12.3. The number of unbranched alkanes of at least 4 members (excludes halogenated alkanes) is 6. The van der Waals surface area contributed by atoms with Crippen LogP contribution < -0.4 is 0 Å². The summed E-state index contributed by atoms with van der Waals surface area (Å²) in [5.41, 5.74) is 0. The van der Waals surface area contributed by atoms with Crippen molar-refractivity contribution in [1.29, 1.82) is 0 Å². The summed E-state index contributed by atoms with van der Waals surface area (Å²) in [5.74, 6) is 1.52. The average molecular weight is 387 g/mol. The Labute approximate surface area is 159 Å². The van der Waals surface area contributed by atoms with Crippen molar-refractivity contribution in [2.24, 2.45) is 0 Å². The molecule has 0 saturated carbocycles. The molecule has 5 heteroatoms. The third kappa shape index (κ3) is 16.5. The third-order valence-corrected chi connectivity index (χ3v) is 4.94. The second-order valence-electron chi connectivity index (χ2n) is 8.49. The van der Waals surface area contributed by atoms with Crippen LogP contribution in [0.15, 0.2) is 23.9 Å². The van der Waals surface area contributed by atoms with Gasteiger partial charge in [0.05, 0.1) is 12.7 Å². The van der Waals surface area contributed by atoms with Crippen molar-refractivity contribution in [1.82, 2.24) is 0 Å². The van der Waals surface area contributed by atoms with Crippen LogP contribution in [-0.2, 0) is 13.6 Å². The van der Waals surface area contributed by atoms with E-state index in [-0.39, 0.29) is 0 Å². The van der Waals surface area contributed by atoms with Crippen LogP contribution in [0.5, 0.6) is 0 Å². The fourth-order valence-electron chi connectivity index (χ4n) is 2.31. The molecule has 0 N–H and O–H groups in total. The van der Waals surface area contributed by atoms with Gasteiger partial charge in [0.1, 0.15) is 5.76 Å². The summed E-state index contributed by atoms with van der Waals surface area (Å²) in [5, 5.41) is 0. The maximum atomic E-state index is 6.25. The van der Waals surface area contributed by atoms with Gasteiger partial charge < -0.3 is 13.6 Å². The molecule has 0 aromatic heterocycles. The van der Waals surface area contributed by atoms with E-state index in [1.54, 1.807) is 0 Å². The Bertz CT molecular complexity index is 404. The number of rotatable bonds is 14. The summed E-state index contributed by atoms with van der Waals surface area (Å²) in [4.78, 5) is 0. The zero-order valence-corrected chi connectivity index (χ0v) is 20.0. The monoisotopic (exact) mass is 386 g/mol. The normalized spacial score (nSPS) is 13.8. The number of hydrogen-bond acceptors (Lipinski definition) is 3. The molecule has 0 radical (unpaired) electrons. The second kappa shape index (κ2) is 12.6. The van der Waals surface area contributed by atoms with Crippen molar-refractivity contribution < 1.29 is 13.6 Å². The minimum atomic E-state index is -1.70. The molecule has 0 atom stereocenters. The highest BCUT2D eigenvalue weighted by Gasteiger charge is 2.21. The fourth-order valence-corrected chi connectivity index (χ4v) is 3.88. The number of allylic oxidation sites excluding steroid dienone is 2. The van der Waals surface area contributed by atoms with Gasteiger partial charge in [0.15, 0.2) is 0 Å². The van der Waals surface area contributed by atoms with Crippen LogP contribution in [0.2, 0.25) is 39.3 Å². The lowest BCUT2D eigenvalue weighted by atomic mass is 10.1. The molecule has 0 aromatic carbocycles. The third-order valence-electron chi connectivity index (χ3n) is 3.28. The summed E-state index contributed by atoms with van der Waals surface area (Å²) >= 11 is 0. The zero-order chi connectivity index (χ0) is 19.3. The van der Waals surface area contributed by atoms with E-state index in [0.717, 1.165) is 12.2 Å². The molecule has 0 aliphatic rings. The molecule has 3 nitrogen and oxygen atoms in total. The van der Waals surface area contributed by atoms with Gasteiger partial charge in [-0.2, -0.15) is 0 Å². The van der Waals surface area contributed by atoms with Gasteiger partial charge in [0, 0.05) is 0 Å². The lowest BCUT2D eigenvalue weighted by molar-refractivity contribution is 0.111. The molecule has 148 valence electrons. The Morgan fingerprint density at radius 3 is 1.84 bits per heavy atom.